The number of carbonyl (C=O) groups is 1. The number of ether oxygens (including phenoxy) is 1. The average molecular weight is 428 g/mol. The van der Waals surface area contributed by atoms with E-state index in [1.807, 2.05) is 61.5 Å². The Kier molecular flexibility index (Phi) is 6.48. The van der Waals surface area contributed by atoms with Crippen molar-refractivity contribution in [3.05, 3.63) is 92.8 Å². The zero-order valence-electron chi connectivity index (χ0n) is 15.4. The van der Waals surface area contributed by atoms with E-state index in [2.05, 4.69) is 21.2 Å². The van der Waals surface area contributed by atoms with Gasteiger partial charge < -0.3 is 14.5 Å². The molecule has 4 nitrogen and oxygen atoms in total. The molecule has 3 aromatic rings. The molecule has 3 rings (SSSR count). The highest BCUT2D eigenvalue weighted by Crippen LogP contribution is 2.27. The normalized spacial score (nSPS) is 10.8. The van der Waals surface area contributed by atoms with Gasteiger partial charge in [-0.3, -0.25) is 4.79 Å². The van der Waals surface area contributed by atoms with E-state index in [4.69, 9.17) is 9.15 Å². The van der Waals surface area contributed by atoms with Crippen LogP contribution in [0.15, 0.2) is 63.5 Å². The Bertz CT molecular complexity index is 919. The van der Waals surface area contributed by atoms with E-state index >= 15 is 0 Å². The average Bonchev–Trinajstić information content (AvgIpc) is 2.93. The molecule has 0 saturated carbocycles. The van der Waals surface area contributed by atoms with Crippen LogP contribution in [0.3, 0.4) is 0 Å². The lowest BCUT2D eigenvalue weighted by molar-refractivity contribution is 0.0948. The molecule has 2 aromatic carbocycles. The maximum atomic E-state index is 12.5. The molecule has 1 heterocycles. The molecule has 27 heavy (non-hydrogen) atoms. The largest absolute Gasteiger partial charge is 0.465 e. The first-order valence-corrected chi connectivity index (χ1v) is 9.57. The Morgan fingerprint density at radius 2 is 1.63 bits per heavy atom. The SMILES string of the molecule is Cc1oc(C)c(C(=O)NCc2cccc(COCc3ccccc3)c2)c1Br. The first-order valence-electron chi connectivity index (χ1n) is 8.77. The summed E-state index contributed by atoms with van der Waals surface area (Å²) in [4.78, 5) is 12.5. The van der Waals surface area contributed by atoms with Gasteiger partial charge in [0.1, 0.15) is 11.5 Å². The third kappa shape index (κ3) is 5.08. The van der Waals surface area contributed by atoms with Crippen LogP contribution in [0.2, 0.25) is 0 Å². The van der Waals surface area contributed by atoms with E-state index < -0.39 is 0 Å². The van der Waals surface area contributed by atoms with Crippen LogP contribution in [0, 0.1) is 13.8 Å². The second kappa shape index (κ2) is 9.02. The monoisotopic (exact) mass is 427 g/mol. The molecule has 0 atom stereocenters. The van der Waals surface area contributed by atoms with Gasteiger partial charge in [-0.05, 0) is 46.5 Å². The van der Waals surface area contributed by atoms with Gasteiger partial charge in [-0.1, -0.05) is 54.6 Å². The van der Waals surface area contributed by atoms with Crippen LogP contribution in [0.5, 0.6) is 0 Å². The fraction of sp³-hybridized carbons (Fsp3) is 0.227. The predicted octanol–water partition coefficient (Wildman–Crippen LogP) is 5.31. The van der Waals surface area contributed by atoms with Gasteiger partial charge in [-0.25, -0.2) is 0 Å². The Labute approximate surface area is 167 Å². The van der Waals surface area contributed by atoms with Crippen LogP contribution in [-0.2, 0) is 24.5 Å². The molecule has 1 N–H and O–H groups in total. The van der Waals surface area contributed by atoms with Gasteiger partial charge in [0.05, 0.1) is 23.2 Å². The minimum Gasteiger partial charge on any atom is -0.465 e. The summed E-state index contributed by atoms with van der Waals surface area (Å²) in [5.41, 5.74) is 3.81. The Morgan fingerprint density at radius 3 is 2.33 bits per heavy atom. The van der Waals surface area contributed by atoms with E-state index in [9.17, 15) is 4.79 Å². The fourth-order valence-electron chi connectivity index (χ4n) is 2.88. The van der Waals surface area contributed by atoms with Crippen LogP contribution >= 0.6 is 15.9 Å². The molecule has 0 unspecified atom stereocenters. The Hall–Kier alpha value is -2.37. The lowest BCUT2D eigenvalue weighted by Crippen LogP contribution is -2.23. The zero-order chi connectivity index (χ0) is 19.2. The molecule has 1 aromatic heterocycles. The maximum Gasteiger partial charge on any atom is 0.256 e. The number of halogens is 1. The lowest BCUT2D eigenvalue weighted by Gasteiger charge is -2.08. The second-order valence-corrected chi connectivity index (χ2v) is 7.18. The maximum absolute atomic E-state index is 12.5. The Morgan fingerprint density at radius 1 is 0.963 bits per heavy atom. The summed E-state index contributed by atoms with van der Waals surface area (Å²) in [5, 5.41) is 2.95. The summed E-state index contributed by atoms with van der Waals surface area (Å²) in [6.45, 7) is 5.17. The number of furan rings is 1. The lowest BCUT2D eigenvalue weighted by atomic mass is 10.1. The van der Waals surface area contributed by atoms with Crippen molar-refractivity contribution >= 4 is 21.8 Å². The standard InChI is InChI=1S/C22H22BrNO3/c1-15-20(21(23)16(2)27-15)22(25)24-12-18-9-6-10-19(11-18)14-26-13-17-7-4-3-5-8-17/h3-11H,12-14H2,1-2H3,(H,24,25). The molecule has 0 aliphatic heterocycles. The van der Waals surface area contributed by atoms with Crippen LogP contribution in [0.1, 0.15) is 38.6 Å². The summed E-state index contributed by atoms with van der Waals surface area (Å²) >= 11 is 3.42. The highest BCUT2D eigenvalue weighted by Gasteiger charge is 2.19. The van der Waals surface area contributed by atoms with Crippen molar-refractivity contribution in [2.24, 2.45) is 0 Å². The molecule has 0 aliphatic rings. The van der Waals surface area contributed by atoms with Gasteiger partial charge in [0.15, 0.2) is 0 Å². The quantitative estimate of drug-likeness (QED) is 0.555. The summed E-state index contributed by atoms with van der Waals surface area (Å²) < 4.78 is 12.0. The molecule has 5 heteroatoms. The first kappa shape index (κ1) is 19.4. The van der Waals surface area contributed by atoms with Crippen molar-refractivity contribution < 1.29 is 13.9 Å². The number of benzene rings is 2. The third-order valence-corrected chi connectivity index (χ3v) is 5.19. The second-order valence-electron chi connectivity index (χ2n) is 6.38. The van der Waals surface area contributed by atoms with Gasteiger partial charge in [-0.2, -0.15) is 0 Å². The topological polar surface area (TPSA) is 51.5 Å². The van der Waals surface area contributed by atoms with Gasteiger partial charge in [0.25, 0.3) is 5.91 Å². The van der Waals surface area contributed by atoms with E-state index in [-0.39, 0.29) is 5.91 Å². The van der Waals surface area contributed by atoms with Gasteiger partial charge in [0, 0.05) is 6.54 Å². The summed E-state index contributed by atoms with van der Waals surface area (Å²) in [5.74, 6) is 1.16. The van der Waals surface area contributed by atoms with Crippen LogP contribution in [0.4, 0.5) is 0 Å². The first-order chi connectivity index (χ1) is 13.0. The van der Waals surface area contributed by atoms with Crippen molar-refractivity contribution in [2.45, 2.75) is 33.6 Å². The molecular formula is C22H22BrNO3. The minimum absolute atomic E-state index is 0.151. The summed E-state index contributed by atoms with van der Waals surface area (Å²) in [6, 6.07) is 18.1. The van der Waals surface area contributed by atoms with E-state index in [0.717, 1.165) is 16.7 Å². The van der Waals surface area contributed by atoms with E-state index in [1.54, 1.807) is 6.92 Å². The number of nitrogens with one attached hydrogen (secondary N) is 1. The number of rotatable bonds is 7. The highest BCUT2D eigenvalue weighted by atomic mass is 79.9. The molecule has 0 radical (unpaired) electrons. The molecule has 0 saturated heterocycles. The van der Waals surface area contributed by atoms with Crippen molar-refractivity contribution in [1.82, 2.24) is 5.32 Å². The molecule has 1 amide bonds. The number of amides is 1. The van der Waals surface area contributed by atoms with Crippen LogP contribution in [0.25, 0.3) is 0 Å². The van der Waals surface area contributed by atoms with Crippen LogP contribution < -0.4 is 5.32 Å². The zero-order valence-corrected chi connectivity index (χ0v) is 17.0. The van der Waals surface area contributed by atoms with Crippen molar-refractivity contribution in [3.8, 4) is 0 Å². The Balaban J connectivity index is 1.55. The van der Waals surface area contributed by atoms with Crippen molar-refractivity contribution in [1.29, 1.82) is 0 Å². The number of hydrogen-bond donors (Lipinski definition) is 1. The van der Waals surface area contributed by atoms with Gasteiger partial charge in [-0.15, -0.1) is 0 Å². The van der Waals surface area contributed by atoms with Crippen molar-refractivity contribution in [2.75, 3.05) is 0 Å². The van der Waals surface area contributed by atoms with Crippen LogP contribution in [-0.4, -0.2) is 5.91 Å². The molecule has 140 valence electrons. The predicted molar refractivity (Wildman–Crippen MR) is 108 cm³/mol. The molecule has 0 bridgehead atoms. The van der Waals surface area contributed by atoms with E-state index in [0.29, 0.717) is 41.3 Å². The molecule has 0 fully saturated rings. The van der Waals surface area contributed by atoms with E-state index in [1.165, 1.54) is 0 Å². The molecule has 0 spiro atoms. The van der Waals surface area contributed by atoms with Gasteiger partial charge >= 0.3 is 0 Å². The minimum atomic E-state index is -0.151. The smallest absolute Gasteiger partial charge is 0.256 e. The number of hydrogen-bond acceptors (Lipinski definition) is 3. The summed E-state index contributed by atoms with van der Waals surface area (Å²) in [7, 11) is 0. The highest BCUT2D eigenvalue weighted by molar-refractivity contribution is 9.10. The van der Waals surface area contributed by atoms with Crippen molar-refractivity contribution in [3.63, 3.8) is 0 Å². The molecule has 0 aliphatic carbocycles. The summed E-state index contributed by atoms with van der Waals surface area (Å²) in [6.07, 6.45) is 0. The van der Waals surface area contributed by atoms with Gasteiger partial charge in [0.2, 0.25) is 0 Å². The molecular weight excluding hydrogens is 406 g/mol. The fourth-order valence-corrected chi connectivity index (χ4v) is 3.42. The number of carbonyl (C=O) groups excluding carboxylic acids is 1. The number of aryl methyl sites for hydroxylation is 2. The third-order valence-electron chi connectivity index (χ3n) is 4.24.